The molecule has 1 aromatic heterocycles. The highest BCUT2D eigenvalue weighted by molar-refractivity contribution is 5.67. The molecular formula is C13H20F3N3O. The first-order valence-corrected chi connectivity index (χ1v) is 6.32. The Morgan fingerprint density at radius 2 is 2.05 bits per heavy atom. The van der Waals surface area contributed by atoms with Gasteiger partial charge >= 0.3 is 6.18 Å². The molecule has 1 aromatic rings. The third kappa shape index (κ3) is 4.56. The van der Waals surface area contributed by atoms with Gasteiger partial charge in [0.25, 0.3) is 0 Å². The van der Waals surface area contributed by atoms with E-state index in [1.165, 1.54) is 0 Å². The number of nitrogens with zero attached hydrogens (tertiary/aromatic N) is 2. The van der Waals surface area contributed by atoms with Crippen LogP contribution in [-0.4, -0.2) is 31.8 Å². The Kier molecular flexibility index (Phi) is 5.62. The molecule has 1 rings (SSSR count). The van der Waals surface area contributed by atoms with E-state index in [2.05, 4.69) is 4.98 Å². The van der Waals surface area contributed by atoms with E-state index >= 15 is 0 Å². The summed E-state index contributed by atoms with van der Waals surface area (Å²) in [5, 5.41) is 0. The summed E-state index contributed by atoms with van der Waals surface area (Å²) in [7, 11) is 1.55. The molecule has 0 aromatic carbocycles. The summed E-state index contributed by atoms with van der Waals surface area (Å²) in [4.78, 5) is 5.14. The summed E-state index contributed by atoms with van der Waals surface area (Å²) in [6, 6.07) is 0.993. The number of alkyl halides is 3. The summed E-state index contributed by atoms with van der Waals surface area (Å²) in [5.41, 5.74) is 5.41. The number of hydrogen-bond acceptors (Lipinski definition) is 4. The van der Waals surface area contributed by atoms with Crippen LogP contribution in [0.3, 0.4) is 0 Å². The number of rotatable bonds is 6. The molecule has 7 heteroatoms. The van der Waals surface area contributed by atoms with Crippen LogP contribution in [0, 0.1) is 5.92 Å². The summed E-state index contributed by atoms with van der Waals surface area (Å²) in [6.07, 6.45) is -3.43. The van der Waals surface area contributed by atoms with Crippen molar-refractivity contribution in [3.8, 4) is 0 Å². The van der Waals surface area contributed by atoms with Crippen molar-refractivity contribution in [3.63, 3.8) is 0 Å². The lowest BCUT2D eigenvalue weighted by molar-refractivity contribution is -0.141. The Hall–Kier alpha value is -1.50. The van der Waals surface area contributed by atoms with Gasteiger partial charge in [0.05, 0.1) is 24.2 Å². The molecule has 0 saturated heterocycles. The molecule has 114 valence electrons. The van der Waals surface area contributed by atoms with Gasteiger partial charge in [0.15, 0.2) is 0 Å². The maximum Gasteiger partial charge on any atom is 0.433 e. The normalized spacial score (nSPS) is 11.9. The fraction of sp³-hybridized carbons (Fsp3) is 0.615. The predicted octanol–water partition coefficient (Wildman–Crippen LogP) is 2.79. The Bertz CT molecular complexity index is 435. The number of methoxy groups -OCH3 is 1. The molecule has 0 atom stereocenters. The highest BCUT2D eigenvalue weighted by Gasteiger charge is 2.33. The minimum absolute atomic E-state index is 0.231. The van der Waals surface area contributed by atoms with E-state index in [1.807, 2.05) is 13.8 Å². The number of nitrogens with two attached hydrogens (primary N) is 1. The standard InChI is InChI=1S/C13H20F3N3O/c1-9(2)8-19(4-5-20-3)11-6-12(13(14,15)16)18-7-10(11)17/h6-7,9H,4-5,8,17H2,1-3H3. The Labute approximate surface area is 116 Å². The SMILES string of the molecule is COCCN(CC(C)C)c1cc(C(F)(F)F)ncc1N. The molecule has 0 aliphatic carbocycles. The van der Waals surface area contributed by atoms with Crippen molar-refractivity contribution in [2.45, 2.75) is 20.0 Å². The average Bonchev–Trinajstić information content (AvgIpc) is 2.33. The van der Waals surface area contributed by atoms with Crippen molar-refractivity contribution in [1.29, 1.82) is 0 Å². The lowest BCUT2D eigenvalue weighted by Gasteiger charge is -2.28. The van der Waals surface area contributed by atoms with Gasteiger partial charge in [0.2, 0.25) is 0 Å². The van der Waals surface area contributed by atoms with Gasteiger partial charge in [-0.25, -0.2) is 4.98 Å². The average molecular weight is 291 g/mol. The highest BCUT2D eigenvalue weighted by Crippen LogP contribution is 2.32. The van der Waals surface area contributed by atoms with Crippen LogP contribution < -0.4 is 10.6 Å². The number of nitrogen functional groups attached to an aromatic ring is 1. The summed E-state index contributed by atoms with van der Waals surface area (Å²) < 4.78 is 43.2. The number of ether oxygens (including phenoxy) is 1. The van der Waals surface area contributed by atoms with Gasteiger partial charge in [-0.2, -0.15) is 13.2 Å². The van der Waals surface area contributed by atoms with E-state index in [1.54, 1.807) is 12.0 Å². The topological polar surface area (TPSA) is 51.4 Å². The zero-order valence-corrected chi connectivity index (χ0v) is 11.9. The zero-order valence-electron chi connectivity index (χ0n) is 11.9. The van der Waals surface area contributed by atoms with E-state index < -0.39 is 11.9 Å². The summed E-state index contributed by atoms with van der Waals surface area (Å²) >= 11 is 0. The number of aromatic nitrogens is 1. The molecule has 0 radical (unpaired) electrons. The number of pyridine rings is 1. The van der Waals surface area contributed by atoms with Crippen LogP contribution in [0.5, 0.6) is 0 Å². The minimum atomic E-state index is -4.48. The maximum atomic E-state index is 12.7. The quantitative estimate of drug-likeness (QED) is 0.875. The van der Waals surface area contributed by atoms with E-state index in [0.717, 1.165) is 12.3 Å². The van der Waals surface area contributed by atoms with Crippen molar-refractivity contribution in [2.24, 2.45) is 5.92 Å². The number of hydrogen-bond donors (Lipinski definition) is 1. The van der Waals surface area contributed by atoms with Crippen LogP contribution >= 0.6 is 0 Å². The first kappa shape index (κ1) is 16.6. The monoisotopic (exact) mass is 291 g/mol. The maximum absolute atomic E-state index is 12.7. The van der Waals surface area contributed by atoms with Gasteiger partial charge in [-0.05, 0) is 12.0 Å². The molecule has 0 unspecified atom stereocenters. The second kappa shape index (κ2) is 6.78. The van der Waals surface area contributed by atoms with Crippen LogP contribution in [0.15, 0.2) is 12.3 Å². The molecule has 0 saturated carbocycles. The second-order valence-electron chi connectivity index (χ2n) is 4.96. The van der Waals surface area contributed by atoms with Crippen molar-refractivity contribution < 1.29 is 17.9 Å². The highest BCUT2D eigenvalue weighted by atomic mass is 19.4. The molecule has 1 heterocycles. The van der Waals surface area contributed by atoms with Gasteiger partial charge in [-0.3, -0.25) is 0 Å². The molecule has 0 fully saturated rings. The molecule has 0 aliphatic rings. The smallest absolute Gasteiger partial charge is 0.396 e. The molecule has 0 bridgehead atoms. The molecule has 0 amide bonds. The van der Waals surface area contributed by atoms with E-state index in [-0.39, 0.29) is 11.6 Å². The molecule has 0 aliphatic heterocycles. The Morgan fingerprint density at radius 3 is 2.55 bits per heavy atom. The number of halogens is 3. The Morgan fingerprint density at radius 1 is 1.40 bits per heavy atom. The van der Waals surface area contributed by atoms with Gasteiger partial charge < -0.3 is 15.4 Å². The van der Waals surface area contributed by atoms with E-state index in [4.69, 9.17) is 10.5 Å². The third-order valence-corrected chi connectivity index (χ3v) is 2.69. The minimum Gasteiger partial charge on any atom is -0.396 e. The zero-order chi connectivity index (χ0) is 15.3. The lowest BCUT2D eigenvalue weighted by Crippen LogP contribution is -2.32. The van der Waals surface area contributed by atoms with Crippen molar-refractivity contribution in [2.75, 3.05) is 37.4 Å². The fourth-order valence-corrected chi connectivity index (χ4v) is 1.84. The number of anilines is 2. The lowest BCUT2D eigenvalue weighted by atomic mass is 10.1. The van der Waals surface area contributed by atoms with Gasteiger partial charge in [-0.15, -0.1) is 0 Å². The summed E-state index contributed by atoms with van der Waals surface area (Å²) in [5.74, 6) is 0.286. The largest absolute Gasteiger partial charge is 0.433 e. The first-order valence-electron chi connectivity index (χ1n) is 6.32. The van der Waals surface area contributed by atoms with Crippen LogP contribution in [0.4, 0.5) is 24.5 Å². The first-order chi connectivity index (χ1) is 9.25. The summed E-state index contributed by atoms with van der Waals surface area (Å²) in [6.45, 7) is 5.45. The van der Waals surface area contributed by atoms with Crippen LogP contribution in [0.1, 0.15) is 19.5 Å². The fourth-order valence-electron chi connectivity index (χ4n) is 1.84. The molecule has 20 heavy (non-hydrogen) atoms. The third-order valence-electron chi connectivity index (χ3n) is 2.69. The van der Waals surface area contributed by atoms with Crippen molar-refractivity contribution in [3.05, 3.63) is 18.0 Å². The Balaban J connectivity index is 3.10. The molecular weight excluding hydrogens is 271 g/mol. The molecule has 2 N–H and O–H groups in total. The van der Waals surface area contributed by atoms with E-state index in [0.29, 0.717) is 25.4 Å². The van der Waals surface area contributed by atoms with Crippen LogP contribution in [0.2, 0.25) is 0 Å². The van der Waals surface area contributed by atoms with Gasteiger partial charge in [0, 0.05) is 20.2 Å². The van der Waals surface area contributed by atoms with E-state index in [9.17, 15) is 13.2 Å². The van der Waals surface area contributed by atoms with Gasteiger partial charge in [0.1, 0.15) is 5.69 Å². The van der Waals surface area contributed by atoms with Crippen LogP contribution in [-0.2, 0) is 10.9 Å². The van der Waals surface area contributed by atoms with Crippen molar-refractivity contribution in [1.82, 2.24) is 4.98 Å². The van der Waals surface area contributed by atoms with Crippen molar-refractivity contribution >= 4 is 11.4 Å². The second-order valence-corrected chi connectivity index (χ2v) is 4.96. The predicted molar refractivity (Wildman–Crippen MR) is 72.6 cm³/mol. The van der Waals surface area contributed by atoms with Gasteiger partial charge in [-0.1, -0.05) is 13.8 Å². The van der Waals surface area contributed by atoms with Crippen LogP contribution in [0.25, 0.3) is 0 Å². The molecule has 4 nitrogen and oxygen atoms in total. The molecule has 0 spiro atoms.